The Balaban J connectivity index is 3.83. The second-order valence-corrected chi connectivity index (χ2v) is 1.80. The standard InChI is InChI=1S/C4H10N4O4/c5-1(11-3(7)9)2(6)12-4(8)10/h1-2H,5-6H2,(H2,7,9)(H2,8,10). The van der Waals surface area contributed by atoms with Crippen LogP contribution in [-0.2, 0) is 9.47 Å². The van der Waals surface area contributed by atoms with Gasteiger partial charge in [-0.25, -0.2) is 9.59 Å². The average molecular weight is 178 g/mol. The van der Waals surface area contributed by atoms with Crippen molar-refractivity contribution in [3.8, 4) is 0 Å². The minimum atomic E-state index is -1.32. The Morgan fingerprint density at radius 3 is 1.33 bits per heavy atom. The molecule has 0 bridgehead atoms. The lowest BCUT2D eigenvalue weighted by molar-refractivity contribution is 0.00271. The number of primary amides is 2. The number of amides is 2. The van der Waals surface area contributed by atoms with Gasteiger partial charge in [0.05, 0.1) is 0 Å². The monoisotopic (exact) mass is 178 g/mol. The van der Waals surface area contributed by atoms with E-state index in [9.17, 15) is 9.59 Å². The third-order valence-corrected chi connectivity index (χ3v) is 0.828. The number of hydrogen-bond acceptors (Lipinski definition) is 6. The molecule has 0 saturated heterocycles. The minimum absolute atomic E-state index is 1.12. The zero-order chi connectivity index (χ0) is 9.72. The molecule has 70 valence electrons. The van der Waals surface area contributed by atoms with Crippen LogP contribution in [0.15, 0.2) is 0 Å². The Hall–Kier alpha value is -1.54. The van der Waals surface area contributed by atoms with E-state index in [1.165, 1.54) is 0 Å². The van der Waals surface area contributed by atoms with Gasteiger partial charge in [0, 0.05) is 0 Å². The number of carbonyl (C=O) groups excluding carboxylic acids is 2. The Morgan fingerprint density at radius 2 is 1.17 bits per heavy atom. The van der Waals surface area contributed by atoms with Crippen molar-refractivity contribution in [3.05, 3.63) is 0 Å². The summed E-state index contributed by atoms with van der Waals surface area (Å²) in [5.74, 6) is 0. The first-order valence-corrected chi connectivity index (χ1v) is 2.87. The van der Waals surface area contributed by atoms with Crippen molar-refractivity contribution in [1.29, 1.82) is 0 Å². The summed E-state index contributed by atoms with van der Waals surface area (Å²) in [5.41, 5.74) is 19.4. The maximum absolute atomic E-state index is 10.1. The van der Waals surface area contributed by atoms with Crippen LogP contribution in [-0.4, -0.2) is 24.6 Å². The molecule has 8 nitrogen and oxygen atoms in total. The molecule has 8 N–H and O–H groups in total. The van der Waals surface area contributed by atoms with Crippen LogP contribution in [0.25, 0.3) is 0 Å². The summed E-state index contributed by atoms with van der Waals surface area (Å²) in [6, 6.07) is 0. The second-order valence-electron chi connectivity index (χ2n) is 1.80. The van der Waals surface area contributed by atoms with Crippen LogP contribution in [0, 0.1) is 0 Å². The maximum atomic E-state index is 10.1. The first-order valence-electron chi connectivity index (χ1n) is 2.87. The molecule has 0 spiro atoms. The van der Waals surface area contributed by atoms with E-state index >= 15 is 0 Å². The van der Waals surface area contributed by atoms with Crippen LogP contribution in [0.5, 0.6) is 0 Å². The largest absolute Gasteiger partial charge is 0.425 e. The molecular weight excluding hydrogens is 168 g/mol. The predicted octanol–water partition coefficient (Wildman–Crippen LogP) is -2.25. The van der Waals surface area contributed by atoms with Crippen LogP contribution in [0.2, 0.25) is 0 Å². The van der Waals surface area contributed by atoms with Crippen molar-refractivity contribution in [1.82, 2.24) is 0 Å². The molecule has 0 radical (unpaired) electrons. The SMILES string of the molecule is NC(=O)OC(N)C(N)OC(N)=O. The maximum Gasteiger partial charge on any atom is 0.406 e. The third kappa shape index (κ3) is 4.30. The highest BCUT2D eigenvalue weighted by molar-refractivity contribution is 5.65. The van der Waals surface area contributed by atoms with Gasteiger partial charge in [0.2, 0.25) is 12.5 Å². The van der Waals surface area contributed by atoms with Gasteiger partial charge in [-0.2, -0.15) is 0 Å². The van der Waals surface area contributed by atoms with Crippen molar-refractivity contribution < 1.29 is 19.1 Å². The molecule has 0 aromatic rings. The lowest BCUT2D eigenvalue weighted by Crippen LogP contribution is -2.48. The summed E-state index contributed by atoms with van der Waals surface area (Å²) in [6.07, 6.45) is -4.89. The van der Waals surface area contributed by atoms with E-state index < -0.39 is 24.6 Å². The Bertz CT molecular complexity index is 164. The van der Waals surface area contributed by atoms with Crippen molar-refractivity contribution >= 4 is 12.2 Å². The number of rotatable bonds is 3. The summed E-state index contributed by atoms with van der Waals surface area (Å²) in [6.45, 7) is 0. The third-order valence-electron chi connectivity index (χ3n) is 0.828. The van der Waals surface area contributed by atoms with Gasteiger partial charge in [0.1, 0.15) is 0 Å². The Labute approximate surface area is 67.7 Å². The lowest BCUT2D eigenvalue weighted by atomic mass is 10.5. The molecule has 0 aromatic heterocycles. The van der Waals surface area contributed by atoms with Gasteiger partial charge >= 0.3 is 12.2 Å². The molecule has 0 aliphatic heterocycles. The summed E-state index contributed by atoms with van der Waals surface area (Å²) in [4.78, 5) is 20.2. The smallest absolute Gasteiger partial charge is 0.406 e. The molecule has 12 heavy (non-hydrogen) atoms. The van der Waals surface area contributed by atoms with Gasteiger partial charge in [0.15, 0.2) is 0 Å². The highest BCUT2D eigenvalue weighted by atomic mass is 16.6. The molecule has 0 aliphatic carbocycles. The van der Waals surface area contributed by atoms with Gasteiger partial charge in [-0.05, 0) is 0 Å². The van der Waals surface area contributed by atoms with E-state index in [2.05, 4.69) is 20.9 Å². The van der Waals surface area contributed by atoms with Crippen LogP contribution >= 0.6 is 0 Å². The fourth-order valence-electron chi connectivity index (χ4n) is 0.402. The minimum Gasteiger partial charge on any atom is -0.425 e. The Kier molecular flexibility index (Phi) is 3.80. The number of nitrogens with two attached hydrogens (primary N) is 4. The average Bonchev–Trinajstić information content (AvgIpc) is 1.84. The highest BCUT2D eigenvalue weighted by Crippen LogP contribution is 1.91. The van der Waals surface area contributed by atoms with Gasteiger partial charge < -0.3 is 20.9 Å². The molecule has 0 rings (SSSR count). The van der Waals surface area contributed by atoms with Crippen molar-refractivity contribution in [2.24, 2.45) is 22.9 Å². The molecule has 0 saturated carbocycles. The quantitative estimate of drug-likeness (QED) is 0.357. The fourth-order valence-corrected chi connectivity index (χ4v) is 0.402. The molecule has 8 heteroatoms. The summed E-state index contributed by atoms with van der Waals surface area (Å²) < 4.78 is 8.34. The number of hydrogen-bond donors (Lipinski definition) is 4. The van der Waals surface area contributed by atoms with Gasteiger partial charge in [0.25, 0.3) is 0 Å². The summed E-state index contributed by atoms with van der Waals surface area (Å²) in [5, 5.41) is 0. The van der Waals surface area contributed by atoms with Crippen LogP contribution in [0.1, 0.15) is 0 Å². The number of ether oxygens (including phenoxy) is 2. The summed E-state index contributed by atoms with van der Waals surface area (Å²) in [7, 11) is 0. The first-order chi connectivity index (χ1) is 5.43. The molecule has 0 aliphatic rings. The zero-order valence-corrected chi connectivity index (χ0v) is 6.10. The molecular formula is C4H10N4O4. The molecule has 0 heterocycles. The molecule has 2 unspecified atom stereocenters. The van der Waals surface area contributed by atoms with E-state index in [1.807, 2.05) is 0 Å². The van der Waals surface area contributed by atoms with Gasteiger partial charge in [-0.15, -0.1) is 0 Å². The van der Waals surface area contributed by atoms with E-state index in [4.69, 9.17) is 11.5 Å². The Morgan fingerprint density at radius 1 is 0.917 bits per heavy atom. The van der Waals surface area contributed by atoms with E-state index in [0.29, 0.717) is 0 Å². The van der Waals surface area contributed by atoms with Crippen molar-refractivity contribution in [2.75, 3.05) is 0 Å². The van der Waals surface area contributed by atoms with Crippen molar-refractivity contribution in [2.45, 2.75) is 12.5 Å². The van der Waals surface area contributed by atoms with E-state index in [0.717, 1.165) is 0 Å². The highest BCUT2D eigenvalue weighted by Gasteiger charge is 2.19. The van der Waals surface area contributed by atoms with E-state index in [-0.39, 0.29) is 0 Å². The van der Waals surface area contributed by atoms with Gasteiger partial charge in [-0.1, -0.05) is 0 Å². The van der Waals surface area contributed by atoms with E-state index in [1.54, 1.807) is 0 Å². The topological polar surface area (TPSA) is 157 Å². The van der Waals surface area contributed by atoms with Crippen LogP contribution in [0.3, 0.4) is 0 Å². The summed E-state index contributed by atoms with van der Waals surface area (Å²) >= 11 is 0. The van der Waals surface area contributed by atoms with Crippen molar-refractivity contribution in [3.63, 3.8) is 0 Å². The second kappa shape index (κ2) is 4.36. The van der Waals surface area contributed by atoms with Gasteiger partial charge in [-0.3, -0.25) is 11.5 Å². The molecule has 0 aromatic carbocycles. The predicted molar refractivity (Wildman–Crippen MR) is 37.3 cm³/mol. The number of carbonyl (C=O) groups is 2. The normalized spacial score (nSPS) is 14.5. The van der Waals surface area contributed by atoms with Crippen LogP contribution < -0.4 is 22.9 Å². The lowest BCUT2D eigenvalue weighted by Gasteiger charge is -2.17. The fraction of sp³-hybridized carbons (Fsp3) is 0.500. The first kappa shape index (κ1) is 10.5. The van der Waals surface area contributed by atoms with Crippen LogP contribution in [0.4, 0.5) is 9.59 Å². The molecule has 2 atom stereocenters. The molecule has 0 fully saturated rings. The zero-order valence-electron chi connectivity index (χ0n) is 6.10. The molecule has 2 amide bonds.